The van der Waals surface area contributed by atoms with Crippen molar-refractivity contribution in [3.05, 3.63) is 46.7 Å². The second-order valence-corrected chi connectivity index (χ2v) is 7.56. The molecular weight excluding hydrogens is 372 g/mol. The normalized spacial score (nSPS) is 22.1. The van der Waals surface area contributed by atoms with Crippen molar-refractivity contribution in [2.45, 2.75) is 19.9 Å². The SMILES string of the molecule is CCN1C(=O)NC(c2cccc(C)c2)C2=C1CN(CC(=O)N1CCOCC1)C2=O. The molecular formula is C21H26N4O4. The molecule has 0 bridgehead atoms. The van der Waals surface area contributed by atoms with Crippen LogP contribution in [0, 0.1) is 6.92 Å². The van der Waals surface area contributed by atoms with Gasteiger partial charge in [0.05, 0.1) is 37.1 Å². The van der Waals surface area contributed by atoms with Crippen molar-refractivity contribution in [2.24, 2.45) is 0 Å². The first kappa shape index (κ1) is 19.4. The smallest absolute Gasteiger partial charge is 0.322 e. The van der Waals surface area contributed by atoms with Crippen LogP contribution in [0.4, 0.5) is 4.79 Å². The van der Waals surface area contributed by atoms with Gasteiger partial charge in [-0.2, -0.15) is 0 Å². The summed E-state index contributed by atoms with van der Waals surface area (Å²) >= 11 is 0. The minimum Gasteiger partial charge on any atom is -0.378 e. The summed E-state index contributed by atoms with van der Waals surface area (Å²) < 4.78 is 5.30. The lowest BCUT2D eigenvalue weighted by Gasteiger charge is -2.33. The Balaban J connectivity index is 1.60. The molecule has 1 saturated heterocycles. The van der Waals surface area contributed by atoms with Gasteiger partial charge >= 0.3 is 6.03 Å². The molecule has 0 aromatic heterocycles. The Morgan fingerprint density at radius 2 is 2.00 bits per heavy atom. The molecule has 4 rings (SSSR count). The number of morpholine rings is 1. The molecule has 8 nitrogen and oxygen atoms in total. The first-order valence-corrected chi connectivity index (χ1v) is 10.0. The van der Waals surface area contributed by atoms with Crippen LogP contribution in [0.1, 0.15) is 24.1 Å². The van der Waals surface area contributed by atoms with E-state index in [1.165, 1.54) is 0 Å². The van der Waals surface area contributed by atoms with E-state index in [9.17, 15) is 14.4 Å². The number of rotatable bonds is 4. The van der Waals surface area contributed by atoms with Crippen LogP contribution in [0.3, 0.4) is 0 Å². The van der Waals surface area contributed by atoms with Gasteiger partial charge in [-0.25, -0.2) is 4.79 Å². The Bertz CT molecular complexity index is 875. The quantitative estimate of drug-likeness (QED) is 0.822. The predicted molar refractivity (Wildman–Crippen MR) is 106 cm³/mol. The number of carbonyl (C=O) groups is 3. The number of aryl methyl sites for hydroxylation is 1. The number of amides is 4. The van der Waals surface area contributed by atoms with Crippen molar-refractivity contribution in [3.63, 3.8) is 0 Å². The third kappa shape index (κ3) is 3.60. The molecule has 4 amide bonds. The number of nitrogens with one attached hydrogen (secondary N) is 1. The molecule has 29 heavy (non-hydrogen) atoms. The van der Waals surface area contributed by atoms with Crippen molar-refractivity contribution in [1.82, 2.24) is 20.0 Å². The van der Waals surface area contributed by atoms with E-state index in [2.05, 4.69) is 5.32 Å². The van der Waals surface area contributed by atoms with E-state index in [0.717, 1.165) is 11.1 Å². The number of ether oxygens (including phenoxy) is 1. The lowest BCUT2D eigenvalue weighted by atomic mass is 9.94. The summed E-state index contributed by atoms with van der Waals surface area (Å²) in [6.07, 6.45) is 0. The Labute approximate surface area is 170 Å². The molecule has 1 aromatic rings. The molecule has 1 atom stereocenters. The Morgan fingerprint density at radius 3 is 2.69 bits per heavy atom. The number of benzene rings is 1. The number of hydrogen-bond donors (Lipinski definition) is 1. The fraction of sp³-hybridized carbons (Fsp3) is 0.476. The second-order valence-electron chi connectivity index (χ2n) is 7.56. The maximum atomic E-state index is 13.3. The number of urea groups is 1. The molecule has 3 aliphatic rings. The first-order chi connectivity index (χ1) is 14.0. The standard InChI is InChI=1S/C21H26N4O4/c1-3-25-16-12-24(13-17(26)23-7-9-29-10-8-23)20(27)18(16)19(22-21(25)28)15-6-4-5-14(2)11-15/h4-6,11,19H,3,7-10,12-13H2,1-2H3,(H,22,28). The minimum absolute atomic E-state index is 0.0120. The molecule has 1 fully saturated rings. The van der Waals surface area contributed by atoms with Crippen molar-refractivity contribution in [2.75, 3.05) is 45.9 Å². The van der Waals surface area contributed by atoms with Crippen LogP contribution in [0.15, 0.2) is 35.5 Å². The molecule has 0 radical (unpaired) electrons. The molecule has 154 valence electrons. The maximum absolute atomic E-state index is 13.3. The van der Waals surface area contributed by atoms with Gasteiger partial charge in [0.2, 0.25) is 5.91 Å². The average Bonchev–Trinajstić information content (AvgIpc) is 3.04. The Morgan fingerprint density at radius 1 is 1.24 bits per heavy atom. The number of carbonyl (C=O) groups excluding carboxylic acids is 3. The zero-order chi connectivity index (χ0) is 20.5. The van der Waals surface area contributed by atoms with Gasteiger partial charge in [0.1, 0.15) is 6.54 Å². The summed E-state index contributed by atoms with van der Waals surface area (Å²) in [7, 11) is 0. The highest BCUT2D eigenvalue weighted by Gasteiger charge is 2.44. The van der Waals surface area contributed by atoms with E-state index in [1.54, 1.807) is 14.7 Å². The molecule has 1 N–H and O–H groups in total. The van der Waals surface area contributed by atoms with E-state index in [-0.39, 0.29) is 30.9 Å². The minimum atomic E-state index is -0.504. The summed E-state index contributed by atoms with van der Waals surface area (Å²) in [6, 6.07) is 7.07. The van der Waals surface area contributed by atoms with E-state index < -0.39 is 6.04 Å². The number of hydrogen-bond acceptors (Lipinski definition) is 4. The van der Waals surface area contributed by atoms with Gasteiger partial charge in [-0.1, -0.05) is 29.8 Å². The molecule has 0 saturated carbocycles. The van der Waals surface area contributed by atoms with E-state index in [4.69, 9.17) is 4.74 Å². The van der Waals surface area contributed by atoms with E-state index in [1.807, 2.05) is 38.1 Å². The highest BCUT2D eigenvalue weighted by Crippen LogP contribution is 2.36. The van der Waals surface area contributed by atoms with Crippen LogP contribution in [0.5, 0.6) is 0 Å². The predicted octanol–water partition coefficient (Wildman–Crippen LogP) is 1.04. The third-order valence-corrected chi connectivity index (χ3v) is 5.68. The van der Waals surface area contributed by atoms with Crippen LogP contribution in [0.2, 0.25) is 0 Å². The lowest BCUT2D eigenvalue weighted by Crippen LogP contribution is -2.47. The molecule has 3 heterocycles. The summed E-state index contributed by atoms with van der Waals surface area (Å²) in [5.74, 6) is -0.275. The van der Waals surface area contributed by atoms with Crippen LogP contribution in [-0.2, 0) is 14.3 Å². The van der Waals surface area contributed by atoms with Gasteiger partial charge in [-0.15, -0.1) is 0 Å². The largest absolute Gasteiger partial charge is 0.378 e. The van der Waals surface area contributed by atoms with Gasteiger partial charge in [0, 0.05) is 19.6 Å². The van der Waals surface area contributed by atoms with Crippen LogP contribution in [0.25, 0.3) is 0 Å². The number of likely N-dealkylation sites (N-methyl/N-ethyl adjacent to an activating group) is 1. The van der Waals surface area contributed by atoms with Gasteiger partial charge in [0.15, 0.2) is 0 Å². The van der Waals surface area contributed by atoms with Crippen LogP contribution < -0.4 is 5.32 Å². The highest BCUT2D eigenvalue weighted by atomic mass is 16.5. The van der Waals surface area contributed by atoms with Crippen molar-refractivity contribution >= 4 is 17.8 Å². The van der Waals surface area contributed by atoms with Gasteiger partial charge < -0.3 is 19.9 Å². The summed E-state index contributed by atoms with van der Waals surface area (Å²) in [6.45, 7) is 6.73. The molecule has 1 unspecified atom stereocenters. The fourth-order valence-corrected chi connectivity index (χ4v) is 4.19. The zero-order valence-electron chi connectivity index (χ0n) is 16.8. The second kappa shape index (κ2) is 7.87. The van der Waals surface area contributed by atoms with E-state index in [0.29, 0.717) is 44.1 Å². The summed E-state index contributed by atoms with van der Waals surface area (Å²) in [5, 5.41) is 2.97. The molecule has 3 aliphatic heterocycles. The first-order valence-electron chi connectivity index (χ1n) is 10.0. The van der Waals surface area contributed by atoms with Crippen molar-refractivity contribution in [1.29, 1.82) is 0 Å². The fourth-order valence-electron chi connectivity index (χ4n) is 4.19. The summed E-state index contributed by atoms with van der Waals surface area (Å²) in [5.41, 5.74) is 3.19. The van der Waals surface area contributed by atoms with E-state index >= 15 is 0 Å². The lowest BCUT2D eigenvalue weighted by molar-refractivity contribution is -0.140. The Kier molecular flexibility index (Phi) is 5.27. The Hall–Kier alpha value is -2.87. The average molecular weight is 398 g/mol. The highest BCUT2D eigenvalue weighted by molar-refractivity contribution is 6.03. The molecule has 0 spiro atoms. The molecule has 0 aliphatic carbocycles. The topological polar surface area (TPSA) is 82.2 Å². The summed E-state index contributed by atoms with van der Waals surface area (Å²) in [4.78, 5) is 43.5. The molecule has 8 heteroatoms. The van der Waals surface area contributed by atoms with Crippen LogP contribution in [-0.4, -0.2) is 78.5 Å². The van der Waals surface area contributed by atoms with Gasteiger partial charge in [-0.05, 0) is 19.4 Å². The van der Waals surface area contributed by atoms with Crippen LogP contribution >= 0.6 is 0 Å². The maximum Gasteiger partial charge on any atom is 0.322 e. The van der Waals surface area contributed by atoms with Crippen molar-refractivity contribution < 1.29 is 19.1 Å². The monoisotopic (exact) mass is 398 g/mol. The van der Waals surface area contributed by atoms with Gasteiger partial charge in [0.25, 0.3) is 5.91 Å². The molecule has 1 aromatic carbocycles. The number of nitrogens with zero attached hydrogens (tertiary/aromatic N) is 3. The zero-order valence-corrected chi connectivity index (χ0v) is 16.8. The van der Waals surface area contributed by atoms with Crippen molar-refractivity contribution in [3.8, 4) is 0 Å². The van der Waals surface area contributed by atoms with Gasteiger partial charge in [-0.3, -0.25) is 14.5 Å². The third-order valence-electron chi connectivity index (χ3n) is 5.68.